The van der Waals surface area contributed by atoms with Gasteiger partial charge < -0.3 is 14.8 Å². The van der Waals surface area contributed by atoms with Crippen LogP contribution in [-0.4, -0.2) is 31.8 Å². The maximum atomic E-state index is 11.8. The van der Waals surface area contributed by atoms with Gasteiger partial charge in [-0.05, 0) is 43.5 Å². The monoisotopic (exact) mass is 327 g/mol. The van der Waals surface area contributed by atoms with Crippen LogP contribution in [0.4, 0.5) is 0 Å². The normalized spacial score (nSPS) is 16.1. The Kier molecular flexibility index (Phi) is 5.22. The number of carbonyl (C=O) groups excluding carboxylic acids is 1. The molecule has 1 N–H and O–H groups in total. The van der Waals surface area contributed by atoms with E-state index in [9.17, 15) is 4.79 Å². The van der Waals surface area contributed by atoms with E-state index in [1.165, 1.54) is 0 Å². The van der Waals surface area contributed by atoms with E-state index in [1.807, 2.05) is 25.1 Å². The van der Waals surface area contributed by atoms with E-state index in [0.717, 1.165) is 41.8 Å². The molecule has 0 spiro atoms. The molecule has 5 heteroatoms. The van der Waals surface area contributed by atoms with E-state index in [4.69, 9.17) is 9.47 Å². The first-order valence-electron chi connectivity index (χ1n) is 6.41. The molecular formula is C14H18BrNO3. The Bertz CT molecular complexity index is 444. The first kappa shape index (κ1) is 14.3. The Morgan fingerprint density at radius 1 is 1.47 bits per heavy atom. The molecule has 4 nitrogen and oxygen atoms in total. The molecule has 1 saturated heterocycles. The number of rotatable bonds is 4. The summed E-state index contributed by atoms with van der Waals surface area (Å²) in [5.41, 5.74) is 1.01. The number of amides is 1. The van der Waals surface area contributed by atoms with Gasteiger partial charge in [-0.15, -0.1) is 0 Å². The molecule has 2 rings (SSSR count). The molecule has 1 amide bonds. The third-order valence-corrected chi connectivity index (χ3v) is 3.58. The number of benzene rings is 1. The number of halogens is 1. The molecule has 0 radical (unpaired) electrons. The topological polar surface area (TPSA) is 47.6 Å². The molecule has 1 heterocycles. The van der Waals surface area contributed by atoms with Crippen LogP contribution in [0.2, 0.25) is 0 Å². The highest BCUT2D eigenvalue weighted by Crippen LogP contribution is 2.22. The van der Waals surface area contributed by atoms with Crippen molar-refractivity contribution in [3.8, 4) is 5.75 Å². The van der Waals surface area contributed by atoms with Crippen molar-refractivity contribution >= 4 is 21.8 Å². The number of hydrogen-bond donors (Lipinski definition) is 1. The summed E-state index contributed by atoms with van der Waals surface area (Å²) >= 11 is 3.40. The zero-order valence-corrected chi connectivity index (χ0v) is 12.5. The summed E-state index contributed by atoms with van der Waals surface area (Å²) in [6.07, 6.45) is 1.76. The second kappa shape index (κ2) is 6.91. The van der Waals surface area contributed by atoms with Crippen LogP contribution in [0.15, 0.2) is 22.7 Å². The van der Waals surface area contributed by atoms with Gasteiger partial charge in [0.15, 0.2) is 6.61 Å². The van der Waals surface area contributed by atoms with E-state index in [1.54, 1.807) is 0 Å². The quantitative estimate of drug-likeness (QED) is 0.923. The van der Waals surface area contributed by atoms with Crippen molar-refractivity contribution in [3.05, 3.63) is 28.2 Å². The Labute approximate surface area is 121 Å². The van der Waals surface area contributed by atoms with Crippen LogP contribution in [0.25, 0.3) is 0 Å². The van der Waals surface area contributed by atoms with Crippen molar-refractivity contribution in [1.29, 1.82) is 0 Å². The predicted molar refractivity (Wildman–Crippen MR) is 76.4 cm³/mol. The fraction of sp³-hybridized carbons (Fsp3) is 0.500. The fourth-order valence-electron chi connectivity index (χ4n) is 2.03. The van der Waals surface area contributed by atoms with Crippen LogP contribution < -0.4 is 10.1 Å². The third kappa shape index (κ3) is 4.51. The van der Waals surface area contributed by atoms with E-state index >= 15 is 0 Å². The van der Waals surface area contributed by atoms with Crippen molar-refractivity contribution in [2.75, 3.05) is 19.8 Å². The fourth-order valence-corrected chi connectivity index (χ4v) is 2.50. The zero-order chi connectivity index (χ0) is 13.7. The minimum atomic E-state index is -0.0748. The summed E-state index contributed by atoms with van der Waals surface area (Å²) in [5.74, 6) is 0.666. The van der Waals surface area contributed by atoms with Gasteiger partial charge in [0.2, 0.25) is 0 Å². The van der Waals surface area contributed by atoms with Crippen LogP contribution >= 0.6 is 15.9 Å². The standard InChI is InChI=1S/C14H18BrNO3/c1-10-8-11(15)2-3-13(10)19-9-14(17)16-12-4-6-18-7-5-12/h2-3,8,12H,4-7,9H2,1H3,(H,16,17). The van der Waals surface area contributed by atoms with Gasteiger partial charge in [-0.25, -0.2) is 0 Å². The Morgan fingerprint density at radius 2 is 2.21 bits per heavy atom. The Hall–Kier alpha value is -1.07. The second-order valence-corrected chi connectivity index (χ2v) is 5.57. The maximum absolute atomic E-state index is 11.8. The molecule has 104 valence electrons. The van der Waals surface area contributed by atoms with Gasteiger partial charge in [0.25, 0.3) is 5.91 Å². The highest BCUT2D eigenvalue weighted by Gasteiger charge is 2.16. The van der Waals surface area contributed by atoms with Crippen molar-refractivity contribution in [1.82, 2.24) is 5.32 Å². The van der Waals surface area contributed by atoms with Gasteiger partial charge in [0.1, 0.15) is 5.75 Å². The number of carbonyl (C=O) groups is 1. The third-order valence-electron chi connectivity index (χ3n) is 3.08. The molecule has 1 fully saturated rings. The molecule has 0 saturated carbocycles. The van der Waals surface area contributed by atoms with Crippen molar-refractivity contribution in [2.45, 2.75) is 25.8 Å². The first-order valence-corrected chi connectivity index (χ1v) is 7.20. The summed E-state index contributed by atoms with van der Waals surface area (Å²) in [4.78, 5) is 11.8. The highest BCUT2D eigenvalue weighted by atomic mass is 79.9. The smallest absolute Gasteiger partial charge is 0.258 e. The summed E-state index contributed by atoms with van der Waals surface area (Å²) in [6, 6.07) is 5.95. The molecule has 1 aromatic rings. The lowest BCUT2D eigenvalue weighted by Gasteiger charge is -2.23. The molecule has 1 aliphatic heterocycles. The molecule has 1 aliphatic rings. The summed E-state index contributed by atoms with van der Waals surface area (Å²) in [5, 5.41) is 2.97. The summed E-state index contributed by atoms with van der Waals surface area (Å²) < 4.78 is 11.8. The number of nitrogens with one attached hydrogen (secondary N) is 1. The van der Waals surface area contributed by atoms with Gasteiger partial charge in [-0.1, -0.05) is 15.9 Å². The van der Waals surface area contributed by atoms with Crippen molar-refractivity contribution in [2.24, 2.45) is 0 Å². The van der Waals surface area contributed by atoms with Crippen LogP contribution in [0.5, 0.6) is 5.75 Å². The number of hydrogen-bond acceptors (Lipinski definition) is 3. The SMILES string of the molecule is Cc1cc(Br)ccc1OCC(=O)NC1CCOCC1. The average Bonchev–Trinajstić information content (AvgIpc) is 2.39. The minimum Gasteiger partial charge on any atom is -0.484 e. The van der Waals surface area contributed by atoms with Crippen LogP contribution in [0.1, 0.15) is 18.4 Å². The molecule has 0 atom stereocenters. The van der Waals surface area contributed by atoms with Crippen molar-refractivity contribution < 1.29 is 14.3 Å². The van der Waals surface area contributed by atoms with E-state index < -0.39 is 0 Å². The first-order chi connectivity index (χ1) is 9.15. The van der Waals surface area contributed by atoms with E-state index in [2.05, 4.69) is 21.2 Å². The van der Waals surface area contributed by atoms with Gasteiger partial charge in [0, 0.05) is 23.7 Å². The largest absolute Gasteiger partial charge is 0.484 e. The van der Waals surface area contributed by atoms with Crippen molar-refractivity contribution in [3.63, 3.8) is 0 Å². The number of ether oxygens (including phenoxy) is 2. The predicted octanol–water partition coefficient (Wildman–Crippen LogP) is 2.43. The molecule has 0 unspecified atom stereocenters. The van der Waals surface area contributed by atoms with Crippen LogP contribution in [0.3, 0.4) is 0 Å². The van der Waals surface area contributed by atoms with Crippen LogP contribution in [0, 0.1) is 6.92 Å². The lowest BCUT2D eigenvalue weighted by Crippen LogP contribution is -2.41. The maximum Gasteiger partial charge on any atom is 0.258 e. The summed E-state index contributed by atoms with van der Waals surface area (Å²) in [7, 11) is 0. The lowest BCUT2D eigenvalue weighted by atomic mass is 10.1. The average molecular weight is 328 g/mol. The Morgan fingerprint density at radius 3 is 2.89 bits per heavy atom. The molecule has 0 bridgehead atoms. The summed E-state index contributed by atoms with van der Waals surface area (Å²) in [6.45, 7) is 3.45. The van der Waals surface area contributed by atoms with E-state index in [-0.39, 0.29) is 18.6 Å². The Balaban J connectivity index is 1.79. The molecule has 0 aromatic heterocycles. The highest BCUT2D eigenvalue weighted by molar-refractivity contribution is 9.10. The second-order valence-electron chi connectivity index (χ2n) is 4.65. The molecule has 1 aromatic carbocycles. The van der Waals surface area contributed by atoms with Gasteiger partial charge in [-0.2, -0.15) is 0 Å². The lowest BCUT2D eigenvalue weighted by molar-refractivity contribution is -0.124. The minimum absolute atomic E-state index is 0.0554. The van der Waals surface area contributed by atoms with Crippen LogP contribution in [-0.2, 0) is 9.53 Å². The van der Waals surface area contributed by atoms with E-state index in [0.29, 0.717) is 0 Å². The molecular weight excluding hydrogens is 310 g/mol. The van der Waals surface area contributed by atoms with Gasteiger partial charge >= 0.3 is 0 Å². The number of aryl methyl sites for hydroxylation is 1. The molecule has 0 aliphatic carbocycles. The zero-order valence-electron chi connectivity index (χ0n) is 10.9. The molecule has 19 heavy (non-hydrogen) atoms. The van der Waals surface area contributed by atoms with Gasteiger partial charge in [-0.3, -0.25) is 4.79 Å². The van der Waals surface area contributed by atoms with Gasteiger partial charge in [0.05, 0.1) is 0 Å².